The van der Waals surface area contributed by atoms with Crippen molar-refractivity contribution in [3.63, 3.8) is 0 Å². The number of nitrogens with zero attached hydrogens (tertiary/aromatic N) is 1. The number of aryl methyl sites for hydroxylation is 2. The van der Waals surface area contributed by atoms with Crippen LogP contribution in [-0.4, -0.2) is 38.8 Å². The topological polar surface area (TPSA) is 75.7 Å². The van der Waals surface area contributed by atoms with Crippen LogP contribution in [0, 0.1) is 5.92 Å². The molecule has 0 atom stereocenters. The van der Waals surface area contributed by atoms with Gasteiger partial charge in [-0.15, -0.1) is 0 Å². The number of carbonyl (C=O) groups is 1. The molecule has 1 aliphatic heterocycles. The van der Waals surface area contributed by atoms with E-state index in [-0.39, 0.29) is 11.8 Å². The van der Waals surface area contributed by atoms with Crippen LogP contribution in [0.5, 0.6) is 5.75 Å². The molecule has 1 fully saturated rings. The van der Waals surface area contributed by atoms with E-state index in [1.807, 2.05) is 12.1 Å². The van der Waals surface area contributed by atoms with E-state index in [4.69, 9.17) is 4.74 Å². The summed E-state index contributed by atoms with van der Waals surface area (Å²) in [5, 5.41) is 2.91. The largest absolute Gasteiger partial charge is 0.497 e. The number of rotatable bonds is 5. The van der Waals surface area contributed by atoms with Gasteiger partial charge in [0.1, 0.15) is 5.75 Å². The third-order valence-electron chi connectivity index (χ3n) is 5.89. The van der Waals surface area contributed by atoms with Crippen molar-refractivity contribution >= 4 is 21.6 Å². The first-order valence-corrected chi connectivity index (χ1v) is 11.5. The van der Waals surface area contributed by atoms with Gasteiger partial charge in [0.2, 0.25) is 15.9 Å². The molecule has 1 heterocycles. The molecule has 1 saturated heterocycles. The summed E-state index contributed by atoms with van der Waals surface area (Å²) < 4.78 is 32.7. The average molecular weight is 415 g/mol. The second-order valence-corrected chi connectivity index (χ2v) is 9.62. The lowest BCUT2D eigenvalue weighted by molar-refractivity contribution is -0.120. The van der Waals surface area contributed by atoms with Crippen LogP contribution in [0.15, 0.2) is 47.4 Å². The van der Waals surface area contributed by atoms with Crippen LogP contribution in [0.2, 0.25) is 0 Å². The number of nitrogens with one attached hydrogen (secondary N) is 1. The minimum Gasteiger partial charge on any atom is -0.497 e. The van der Waals surface area contributed by atoms with Crippen molar-refractivity contribution in [1.82, 2.24) is 4.31 Å². The number of benzene rings is 2. The summed E-state index contributed by atoms with van der Waals surface area (Å²) in [6, 6.07) is 12.7. The fourth-order valence-electron chi connectivity index (χ4n) is 4.13. The number of anilines is 1. The van der Waals surface area contributed by atoms with Gasteiger partial charge in [0.05, 0.1) is 12.0 Å². The zero-order valence-corrected chi connectivity index (χ0v) is 17.4. The predicted octanol–water partition coefficient (Wildman–Crippen LogP) is 3.22. The molecule has 0 aromatic heterocycles. The van der Waals surface area contributed by atoms with Crippen molar-refractivity contribution in [2.24, 2.45) is 5.92 Å². The Labute approximate surface area is 171 Å². The number of ether oxygens (including phenoxy) is 1. The van der Waals surface area contributed by atoms with Gasteiger partial charge in [0, 0.05) is 24.7 Å². The predicted molar refractivity (Wildman–Crippen MR) is 112 cm³/mol. The highest BCUT2D eigenvalue weighted by Crippen LogP contribution is 2.29. The van der Waals surface area contributed by atoms with Crippen LogP contribution in [0.1, 0.15) is 30.4 Å². The first-order valence-electron chi connectivity index (χ1n) is 10.0. The third kappa shape index (κ3) is 4.16. The Kier molecular flexibility index (Phi) is 5.61. The number of methoxy groups -OCH3 is 1. The van der Waals surface area contributed by atoms with Gasteiger partial charge in [0.25, 0.3) is 0 Å². The van der Waals surface area contributed by atoms with Crippen molar-refractivity contribution in [1.29, 1.82) is 0 Å². The lowest BCUT2D eigenvalue weighted by atomic mass is 9.97. The zero-order valence-electron chi connectivity index (χ0n) is 16.6. The van der Waals surface area contributed by atoms with Gasteiger partial charge >= 0.3 is 0 Å². The van der Waals surface area contributed by atoms with E-state index < -0.39 is 10.0 Å². The van der Waals surface area contributed by atoms with E-state index in [2.05, 4.69) is 5.32 Å². The Morgan fingerprint density at radius 3 is 2.41 bits per heavy atom. The quantitative estimate of drug-likeness (QED) is 0.815. The monoisotopic (exact) mass is 414 g/mol. The number of piperidine rings is 1. The van der Waals surface area contributed by atoms with Crippen LogP contribution in [-0.2, 0) is 27.7 Å². The Bertz CT molecular complexity index is 994. The van der Waals surface area contributed by atoms with Gasteiger partial charge in [-0.1, -0.05) is 6.07 Å². The Morgan fingerprint density at radius 1 is 1.03 bits per heavy atom. The number of amides is 1. The standard InChI is InChI=1S/C22H26N2O4S/c1-28-20-8-6-19(7-9-20)23-22(25)17-11-13-24(14-12-17)29(26,27)21-10-5-16-3-2-4-18(16)15-21/h5-10,15,17H,2-4,11-14H2,1H3,(H,23,25). The normalized spacial score (nSPS) is 17.7. The second kappa shape index (κ2) is 8.16. The van der Waals surface area contributed by atoms with Crippen LogP contribution in [0.25, 0.3) is 0 Å². The van der Waals surface area contributed by atoms with Gasteiger partial charge in [-0.2, -0.15) is 4.31 Å². The molecule has 2 aromatic carbocycles. The van der Waals surface area contributed by atoms with Crippen molar-refractivity contribution in [2.75, 3.05) is 25.5 Å². The molecule has 0 radical (unpaired) electrons. The number of sulfonamides is 1. The molecule has 1 N–H and O–H groups in total. The van der Waals surface area contributed by atoms with E-state index >= 15 is 0 Å². The number of fused-ring (bicyclic) bond motifs is 1. The van der Waals surface area contributed by atoms with E-state index in [9.17, 15) is 13.2 Å². The van der Waals surface area contributed by atoms with Gasteiger partial charge in [-0.05, 0) is 79.6 Å². The SMILES string of the molecule is COc1ccc(NC(=O)C2CCN(S(=O)(=O)c3ccc4c(c3)CCC4)CC2)cc1. The van der Waals surface area contributed by atoms with Crippen LogP contribution < -0.4 is 10.1 Å². The molecule has 4 rings (SSSR count). The van der Waals surface area contributed by atoms with Gasteiger partial charge < -0.3 is 10.1 Å². The zero-order chi connectivity index (χ0) is 20.4. The van der Waals surface area contributed by atoms with Gasteiger partial charge in [-0.25, -0.2) is 8.42 Å². The summed E-state index contributed by atoms with van der Waals surface area (Å²) in [4.78, 5) is 12.9. The summed E-state index contributed by atoms with van der Waals surface area (Å²) in [5.41, 5.74) is 3.13. The number of carbonyl (C=O) groups excluding carboxylic acids is 1. The molecule has 6 nitrogen and oxygen atoms in total. The first kappa shape index (κ1) is 19.9. The van der Waals surface area contributed by atoms with Gasteiger partial charge in [-0.3, -0.25) is 4.79 Å². The maximum Gasteiger partial charge on any atom is 0.243 e. The Hall–Kier alpha value is -2.38. The maximum atomic E-state index is 13.0. The molecule has 29 heavy (non-hydrogen) atoms. The van der Waals surface area contributed by atoms with E-state index in [1.54, 1.807) is 37.4 Å². The summed E-state index contributed by atoms with van der Waals surface area (Å²) in [7, 11) is -1.92. The minimum atomic E-state index is -3.51. The van der Waals surface area contributed by atoms with Crippen molar-refractivity contribution in [3.05, 3.63) is 53.6 Å². The molecule has 2 aromatic rings. The maximum absolute atomic E-state index is 13.0. The lowest BCUT2D eigenvalue weighted by Gasteiger charge is -2.30. The molecule has 0 saturated carbocycles. The average Bonchev–Trinajstić information content (AvgIpc) is 3.22. The summed E-state index contributed by atoms with van der Waals surface area (Å²) in [6.07, 6.45) is 4.11. The Balaban J connectivity index is 1.37. The Morgan fingerprint density at radius 2 is 1.72 bits per heavy atom. The molecule has 154 valence electrons. The van der Waals surface area contributed by atoms with E-state index in [0.717, 1.165) is 30.6 Å². The molecule has 0 spiro atoms. The minimum absolute atomic E-state index is 0.0651. The van der Waals surface area contributed by atoms with Crippen molar-refractivity contribution < 1.29 is 17.9 Å². The van der Waals surface area contributed by atoms with Crippen molar-refractivity contribution in [2.45, 2.75) is 37.0 Å². The summed E-state index contributed by atoms with van der Waals surface area (Å²) in [6.45, 7) is 0.722. The molecule has 2 aliphatic rings. The highest BCUT2D eigenvalue weighted by Gasteiger charge is 2.32. The molecular weight excluding hydrogens is 388 g/mol. The first-order chi connectivity index (χ1) is 14.0. The molecular formula is C22H26N2O4S. The highest BCUT2D eigenvalue weighted by atomic mass is 32.2. The van der Waals surface area contributed by atoms with Crippen LogP contribution >= 0.6 is 0 Å². The highest BCUT2D eigenvalue weighted by molar-refractivity contribution is 7.89. The molecule has 0 bridgehead atoms. The van der Waals surface area contributed by atoms with Crippen molar-refractivity contribution in [3.8, 4) is 5.75 Å². The van der Waals surface area contributed by atoms with E-state index in [0.29, 0.717) is 36.5 Å². The molecule has 7 heteroatoms. The summed E-state index contributed by atoms with van der Waals surface area (Å²) in [5.74, 6) is 0.474. The molecule has 0 unspecified atom stereocenters. The fourth-order valence-corrected chi connectivity index (χ4v) is 5.66. The molecule has 1 amide bonds. The molecule has 1 aliphatic carbocycles. The second-order valence-electron chi connectivity index (χ2n) is 7.68. The number of hydrogen-bond donors (Lipinski definition) is 1. The summed E-state index contributed by atoms with van der Waals surface area (Å²) >= 11 is 0. The third-order valence-corrected chi connectivity index (χ3v) is 7.78. The van der Waals surface area contributed by atoms with Crippen LogP contribution in [0.4, 0.5) is 5.69 Å². The van der Waals surface area contributed by atoms with E-state index in [1.165, 1.54) is 9.87 Å². The van der Waals surface area contributed by atoms with Crippen LogP contribution in [0.3, 0.4) is 0 Å². The fraction of sp³-hybridized carbons (Fsp3) is 0.409. The van der Waals surface area contributed by atoms with Gasteiger partial charge in [0.15, 0.2) is 0 Å². The number of hydrogen-bond acceptors (Lipinski definition) is 4. The smallest absolute Gasteiger partial charge is 0.243 e. The lowest BCUT2D eigenvalue weighted by Crippen LogP contribution is -2.41.